The van der Waals surface area contributed by atoms with Crippen LogP contribution in [0.1, 0.15) is 133 Å². The lowest BCUT2D eigenvalue weighted by atomic mass is 9.44. The van der Waals surface area contributed by atoms with Gasteiger partial charge in [-0.3, -0.25) is 9.59 Å². The molecule has 1 N–H and O–H groups in total. The summed E-state index contributed by atoms with van der Waals surface area (Å²) in [5, 5.41) is 10.5. The van der Waals surface area contributed by atoms with Gasteiger partial charge in [-0.05, 0) is 122 Å². The molecule has 5 aliphatic rings. The third kappa shape index (κ3) is 8.34. The average Bonchev–Trinajstić information content (AvgIpc) is 3.50. The molecule has 15 atom stereocenters. The number of esters is 2. The maximum absolute atomic E-state index is 14.0. The normalized spacial score (nSPS) is 38.1. The number of ether oxygens (including phenoxy) is 4. The number of carbonyl (C=O) groups excluding carboxylic acids is 4. The number of benzene rings is 2. The molecule has 7 rings (SSSR count). The number of Topliss-reactive ketones (excluding diaryl/α,β-unsaturated/α-hetero) is 2. The zero-order valence-corrected chi connectivity index (χ0v) is 35.5. The Morgan fingerprint density at radius 3 is 2.10 bits per heavy atom. The van der Waals surface area contributed by atoms with E-state index in [0.717, 1.165) is 44.9 Å². The Balaban J connectivity index is 0.990. The molecule has 4 aliphatic carbocycles. The van der Waals surface area contributed by atoms with Gasteiger partial charge in [0, 0.05) is 30.6 Å². The van der Waals surface area contributed by atoms with Crippen LogP contribution in [-0.2, 0) is 28.5 Å². The van der Waals surface area contributed by atoms with Gasteiger partial charge in [-0.25, -0.2) is 9.59 Å². The van der Waals surface area contributed by atoms with Crippen LogP contribution in [0, 0.1) is 58.2 Å². The Hall–Kier alpha value is -3.40. The molecule has 58 heavy (non-hydrogen) atoms. The van der Waals surface area contributed by atoms with Crippen molar-refractivity contribution in [2.24, 2.45) is 58.2 Å². The van der Waals surface area contributed by atoms with Gasteiger partial charge >= 0.3 is 11.9 Å². The van der Waals surface area contributed by atoms with Crippen LogP contribution in [0.15, 0.2) is 60.7 Å². The standard InChI is InChI=1S/C49H66O9/c1-7-41-31(4)43(57-45(53)32-14-10-8-11-15-32)44(58-46(54)33-16-12-9-13-17-33)47(56-41)55-28-29(2)18-21-39(51)30(3)42-40(52)27-38-36-20-19-34-26-35(50)22-24-48(34,5)37(36)23-25-49(38,42)6/h8-17,29-31,34-38,41-44,47,50H,7,18-28H2,1-6H3/t29-,30+,31-,34?,35?,36?,37?,38?,41?,42?,43-,44?,47+,48?,49?/m0/s1. The summed E-state index contributed by atoms with van der Waals surface area (Å²) in [7, 11) is 0. The van der Waals surface area contributed by atoms with E-state index in [0.29, 0.717) is 60.5 Å². The van der Waals surface area contributed by atoms with E-state index in [4.69, 9.17) is 18.9 Å². The summed E-state index contributed by atoms with van der Waals surface area (Å²) in [5.74, 6) is 0.355. The van der Waals surface area contributed by atoms with E-state index in [1.165, 1.54) is 0 Å². The minimum absolute atomic E-state index is 0.0436. The van der Waals surface area contributed by atoms with Crippen molar-refractivity contribution in [1.29, 1.82) is 0 Å². The lowest BCUT2D eigenvalue weighted by Gasteiger charge is -2.61. The highest BCUT2D eigenvalue weighted by molar-refractivity contribution is 5.92. The molecule has 0 bridgehead atoms. The summed E-state index contributed by atoms with van der Waals surface area (Å²) in [6.45, 7) is 12.9. The quantitative estimate of drug-likeness (QED) is 0.198. The molecule has 0 spiro atoms. The summed E-state index contributed by atoms with van der Waals surface area (Å²) in [5.41, 5.74) is 0.824. The van der Waals surface area contributed by atoms with Crippen molar-refractivity contribution in [2.75, 3.05) is 6.61 Å². The zero-order chi connectivity index (χ0) is 41.4. The number of aliphatic hydroxyl groups excluding tert-OH is 1. The molecule has 4 saturated carbocycles. The highest BCUT2D eigenvalue weighted by Crippen LogP contribution is 2.67. The van der Waals surface area contributed by atoms with Crippen molar-refractivity contribution < 1.29 is 43.2 Å². The summed E-state index contributed by atoms with van der Waals surface area (Å²) in [4.78, 5) is 54.8. The monoisotopic (exact) mass is 798 g/mol. The fraction of sp³-hybridized carbons (Fsp3) is 0.673. The van der Waals surface area contributed by atoms with Gasteiger partial charge in [0.2, 0.25) is 0 Å². The maximum atomic E-state index is 14.0. The van der Waals surface area contributed by atoms with E-state index in [1.54, 1.807) is 48.5 Å². The molecular weight excluding hydrogens is 733 g/mol. The number of fused-ring (bicyclic) bond motifs is 5. The summed E-state index contributed by atoms with van der Waals surface area (Å²) < 4.78 is 25.1. The highest BCUT2D eigenvalue weighted by Gasteiger charge is 2.63. The topological polar surface area (TPSA) is 125 Å². The van der Waals surface area contributed by atoms with E-state index in [9.17, 15) is 24.3 Å². The molecule has 2 aromatic rings. The largest absolute Gasteiger partial charge is 0.454 e. The number of aliphatic hydroxyl groups is 1. The predicted molar refractivity (Wildman–Crippen MR) is 220 cm³/mol. The number of ketones is 2. The first-order chi connectivity index (χ1) is 27.7. The van der Waals surface area contributed by atoms with Gasteiger partial charge in [0.05, 0.1) is 29.9 Å². The number of hydrogen-bond acceptors (Lipinski definition) is 9. The minimum Gasteiger partial charge on any atom is -0.454 e. The summed E-state index contributed by atoms with van der Waals surface area (Å²) >= 11 is 0. The van der Waals surface area contributed by atoms with Crippen LogP contribution in [0.25, 0.3) is 0 Å². The van der Waals surface area contributed by atoms with Crippen molar-refractivity contribution in [3.8, 4) is 0 Å². The second-order valence-corrected chi connectivity index (χ2v) is 19.3. The molecule has 0 aromatic heterocycles. The van der Waals surface area contributed by atoms with Crippen molar-refractivity contribution in [1.82, 2.24) is 0 Å². The second kappa shape index (κ2) is 17.7. The van der Waals surface area contributed by atoms with Gasteiger partial charge < -0.3 is 24.1 Å². The van der Waals surface area contributed by atoms with Crippen LogP contribution < -0.4 is 0 Å². The summed E-state index contributed by atoms with van der Waals surface area (Å²) in [6, 6.07) is 17.4. The molecule has 0 radical (unpaired) electrons. The van der Waals surface area contributed by atoms with Gasteiger partial charge in [0.25, 0.3) is 0 Å². The van der Waals surface area contributed by atoms with Crippen LogP contribution in [0.3, 0.4) is 0 Å². The molecule has 316 valence electrons. The van der Waals surface area contributed by atoms with Crippen LogP contribution in [-0.4, -0.2) is 65.9 Å². The van der Waals surface area contributed by atoms with E-state index in [2.05, 4.69) is 13.8 Å². The Morgan fingerprint density at radius 1 is 0.845 bits per heavy atom. The Kier molecular flexibility index (Phi) is 13.0. The van der Waals surface area contributed by atoms with Crippen LogP contribution in [0.5, 0.6) is 0 Å². The number of rotatable bonds is 13. The maximum Gasteiger partial charge on any atom is 0.338 e. The van der Waals surface area contributed by atoms with Gasteiger partial charge in [-0.15, -0.1) is 0 Å². The van der Waals surface area contributed by atoms with Crippen molar-refractivity contribution >= 4 is 23.5 Å². The van der Waals surface area contributed by atoms with Gasteiger partial charge in [-0.2, -0.15) is 0 Å². The SMILES string of the molecule is CCC1O[C@@H](OC[C@@H](C)CCC(=O)[C@@H](C)C2C(=O)CC3C4CCC5CC(O)CCC5(C)C4CCC32C)C(OC(=O)c2ccccc2)[C@@H](OC(=O)c2ccccc2)[C@H]1C. The molecule has 1 saturated heterocycles. The summed E-state index contributed by atoms with van der Waals surface area (Å²) in [6.07, 6.45) is 5.99. The van der Waals surface area contributed by atoms with E-state index in [1.807, 2.05) is 39.8 Å². The Morgan fingerprint density at radius 2 is 1.47 bits per heavy atom. The second-order valence-electron chi connectivity index (χ2n) is 19.3. The molecule has 9 nitrogen and oxygen atoms in total. The molecule has 10 unspecified atom stereocenters. The highest BCUT2D eigenvalue weighted by atomic mass is 16.7. The molecule has 2 aromatic carbocycles. The third-order valence-corrected chi connectivity index (χ3v) is 15.9. The van der Waals surface area contributed by atoms with E-state index < -0.39 is 30.4 Å². The van der Waals surface area contributed by atoms with Crippen LogP contribution in [0.2, 0.25) is 0 Å². The molecule has 1 heterocycles. The minimum atomic E-state index is -1.04. The van der Waals surface area contributed by atoms with Crippen LogP contribution >= 0.6 is 0 Å². The zero-order valence-electron chi connectivity index (χ0n) is 35.5. The van der Waals surface area contributed by atoms with Crippen molar-refractivity contribution in [2.45, 2.75) is 143 Å². The van der Waals surface area contributed by atoms with Gasteiger partial charge in [0.15, 0.2) is 12.4 Å². The molecular formula is C49H66O9. The Labute approximate surface area is 345 Å². The van der Waals surface area contributed by atoms with Crippen molar-refractivity contribution in [3.05, 3.63) is 71.8 Å². The fourth-order valence-electron chi connectivity index (χ4n) is 12.5. The lowest BCUT2D eigenvalue weighted by molar-refractivity contribution is -0.284. The van der Waals surface area contributed by atoms with E-state index >= 15 is 0 Å². The first kappa shape index (κ1) is 42.7. The lowest BCUT2D eigenvalue weighted by Crippen LogP contribution is -2.57. The van der Waals surface area contributed by atoms with Gasteiger partial charge in [0.1, 0.15) is 17.7 Å². The van der Waals surface area contributed by atoms with Crippen molar-refractivity contribution in [3.63, 3.8) is 0 Å². The molecule has 9 heteroatoms. The first-order valence-electron chi connectivity index (χ1n) is 22.3. The average molecular weight is 799 g/mol. The van der Waals surface area contributed by atoms with E-state index in [-0.39, 0.29) is 64.9 Å². The third-order valence-electron chi connectivity index (χ3n) is 15.9. The smallest absolute Gasteiger partial charge is 0.338 e. The molecule has 0 amide bonds. The van der Waals surface area contributed by atoms with Gasteiger partial charge in [-0.1, -0.05) is 77.9 Å². The first-order valence-corrected chi connectivity index (χ1v) is 22.3. The number of hydrogen-bond donors (Lipinski definition) is 1. The molecule has 5 fully saturated rings. The fourth-order valence-corrected chi connectivity index (χ4v) is 12.5. The predicted octanol–water partition coefficient (Wildman–Crippen LogP) is 9.05. The molecule has 1 aliphatic heterocycles. The number of carbonyl (C=O) groups is 4. The Bertz CT molecular complexity index is 1760. The van der Waals surface area contributed by atoms with Crippen LogP contribution in [0.4, 0.5) is 0 Å².